The maximum atomic E-state index is 12.4. The van der Waals surface area contributed by atoms with E-state index in [-0.39, 0.29) is 18.5 Å². The molecule has 7 nitrogen and oxygen atoms in total. The molecule has 2 heterocycles. The smallest absolute Gasteiger partial charge is 0.410 e. The molecule has 0 radical (unpaired) electrons. The fourth-order valence-corrected chi connectivity index (χ4v) is 2.92. The summed E-state index contributed by atoms with van der Waals surface area (Å²) in [5, 5.41) is 0. The van der Waals surface area contributed by atoms with Gasteiger partial charge in [-0.25, -0.2) is 9.78 Å². The molecule has 1 fully saturated rings. The highest BCUT2D eigenvalue weighted by atomic mass is 127. The van der Waals surface area contributed by atoms with Gasteiger partial charge in [0.1, 0.15) is 20.4 Å². The number of carbonyl (C=O) groups is 2. The maximum Gasteiger partial charge on any atom is 0.410 e. The fourth-order valence-electron chi connectivity index (χ4n) is 2.16. The molecule has 0 atom stereocenters. The molecule has 1 aliphatic heterocycles. The van der Waals surface area contributed by atoms with Gasteiger partial charge in [-0.3, -0.25) is 4.79 Å². The molecule has 1 aliphatic rings. The Bertz CT molecular complexity index is 591. The fraction of sp³-hybridized carbons (Fsp3) is 0.643. The molecule has 2 amide bonds. The van der Waals surface area contributed by atoms with E-state index >= 15 is 0 Å². The lowest BCUT2D eigenvalue weighted by Gasteiger charge is -2.35. The van der Waals surface area contributed by atoms with Gasteiger partial charge < -0.3 is 19.1 Å². The first-order valence-electron chi connectivity index (χ1n) is 7.29. The van der Waals surface area contributed by atoms with Gasteiger partial charge in [0.25, 0.3) is 0 Å². The lowest BCUT2D eigenvalue weighted by molar-refractivity contribution is -0.133. The van der Waals surface area contributed by atoms with Gasteiger partial charge in [-0.15, -0.1) is 0 Å². The summed E-state index contributed by atoms with van der Waals surface area (Å²) >= 11 is 5.47. The minimum Gasteiger partial charge on any atom is -0.444 e. The van der Waals surface area contributed by atoms with Gasteiger partial charge in [-0.2, -0.15) is 0 Å². The molecule has 23 heavy (non-hydrogen) atoms. The minimum atomic E-state index is -0.504. The Kier molecular flexibility index (Phi) is 5.93. The van der Waals surface area contributed by atoms with Gasteiger partial charge in [0.05, 0.1) is 6.33 Å². The van der Waals surface area contributed by atoms with Crippen molar-refractivity contribution < 1.29 is 14.3 Å². The van der Waals surface area contributed by atoms with Crippen LogP contribution in [0.1, 0.15) is 20.8 Å². The van der Waals surface area contributed by atoms with Gasteiger partial charge in [0, 0.05) is 26.2 Å². The number of aromatic nitrogens is 2. The van der Waals surface area contributed by atoms with Crippen LogP contribution in [0.25, 0.3) is 0 Å². The second-order valence-corrected chi connectivity index (χ2v) is 8.08. The SMILES string of the molecule is CC(C)(C)OC(=O)N1CCN(C(=O)Cn2cnc(Br)c2I)CC1. The first-order valence-corrected chi connectivity index (χ1v) is 9.16. The third-order valence-electron chi connectivity index (χ3n) is 3.32. The van der Waals surface area contributed by atoms with Gasteiger partial charge >= 0.3 is 6.09 Å². The van der Waals surface area contributed by atoms with Gasteiger partial charge in [0.15, 0.2) is 0 Å². The standard InChI is InChI=1S/C14H20BrIN4O3/c1-14(2,3)23-13(22)19-6-4-18(5-7-19)10(21)8-20-9-17-11(15)12(20)16/h9H,4-8H2,1-3H3. The molecule has 0 aliphatic carbocycles. The van der Waals surface area contributed by atoms with Crippen molar-refractivity contribution in [2.45, 2.75) is 32.9 Å². The van der Waals surface area contributed by atoms with E-state index in [1.165, 1.54) is 0 Å². The summed E-state index contributed by atoms with van der Waals surface area (Å²) in [4.78, 5) is 31.9. The molecule has 0 bridgehead atoms. The molecule has 0 unspecified atom stereocenters. The monoisotopic (exact) mass is 498 g/mol. The summed E-state index contributed by atoms with van der Waals surface area (Å²) in [5.74, 6) is 0.0247. The van der Waals surface area contributed by atoms with Crippen LogP contribution in [0.5, 0.6) is 0 Å². The summed E-state index contributed by atoms with van der Waals surface area (Å²) < 4.78 is 8.78. The Balaban J connectivity index is 1.85. The van der Waals surface area contributed by atoms with Crippen LogP contribution < -0.4 is 0 Å². The van der Waals surface area contributed by atoms with E-state index in [4.69, 9.17) is 4.74 Å². The highest BCUT2D eigenvalue weighted by Gasteiger charge is 2.27. The first kappa shape index (κ1) is 18.5. The molecule has 0 spiro atoms. The molecule has 0 saturated carbocycles. The maximum absolute atomic E-state index is 12.4. The molecular weight excluding hydrogens is 479 g/mol. The van der Waals surface area contributed by atoms with E-state index in [2.05, 4.69) is 43.5 Å². The number of rotatable bonds is 2. The van der Waals surface area contributed by atoms with Crippen molar-refractivity contribution in [2.24, 2.45) is 0 Å². The molecule has 0 N–H and O–H groups in total. The second-order valence-electron chi connectivity index (χ2n) is 6.30. The molecule has 0 aromatic carbocycles. The van der Waals surface area contributed by atoms with Crippen molar-refractivity contribution in [2.75, 3.05) is 26.2 Å². The molecular formula is C14H20BrIN4O3. The van der Waals surface area contributed by atoms with Crippen LogP contribution in [0.15, 0.2) is 10.9 Å². The van der Waals surface area contributed by atoms with Crippen LogP contribution in [0, 0.1) is 3.70 Å². The number of amides is 2. The third-order valence-corrected chi connectivity index (χ3v) is 5.77. The van der Waals surface area contributed by atoms with Crippen LogP contribution in [0.3, 0.4) is 0 Å². The highest BCUT2D eigenvalue weighted by molar-refractivity contribution is 14.1. The number of nitrogens with zero attached hydrogens (tertiary/aromatic N) is 4. The van der Waals surface area contributed by atoms with E-state index < -0.39 is 5.60 Å². The summed E-state index contributed by atoms with van der Waals surface area (Å²) in [6.45, 7) is 7.80. The van der Waals surface area contributed by atoms with Crippen LogP contribution in [-0.4, -0.2) is 63.1 Å². The van der Waals surface area contributed by atoms with Gasteiger partial charge in [-0.05, 0) is 59.3 Å². The summed E-state index contributed by atoms with van der Waals surface area (Å²) in [6.07, 6.45) is 1.32. The Labute approximate surface area is 157 Å². The number of hydrogen-bond donors (Lipinski definition) is 0. The van der Waals surface area contributed by atoms with Crippen molar-refractivity contribution in [3.8, 4) is 0 Å². The Morgan fingerprint density at radius 2 is 1.83 bits per heavy atom. The zero-order valence-electron chi connectivity index (χ0n) is 13.4. The Morgan fingerprint density at radius 1 is 1.26 bits per heavy atom. The number of ether oxygens (including phenoxy) is 1. The first-order chi connectivity index (χ1) is 10.7. The summed E-state index contributed by atoms with van der Waals surface area (Å²) in [7, 11) is 0. The zero-order chi connectivity index (χ0) is 17.2. The van der Waals surface area contributed by atoms with E-state index in [0.29, 0.717) is 26.2 Å². The van der Waals surface area contributed by atoms with Crippen LogP contribution in [0.2, 0.25) is 0 Å². The largest absolute Gasteiger partial charge is 0.444 e. The quantitative estimate of drug-likeness (QED) is 0.587. The molecule has 1 saturated heterocycles. The lowest BCUT2D eigenvalue weighted by atomic mass is 10.2. The van der Waals surface area contributed by atoms with Crippen molar-refractivity contribution >= 4 is 50.5 Å². The average molecular weight is 499 g/mol. The van der Waals surface area contributed by atoms with Gasteiger partial charge in [-0.1, -0.05) is 0 Å². The van der Waals surface area contributed by atoms with E-state index in [1.807, 2.05) is 20.8 Å². The topological polar surface area (TPSA) is 67.7 Å². The molecule has 1 aromatic heterocycles. The van der Waals surface area contributed by atoms with Crippen LogP contribution >= 0.6 is 38.5 Å². The molecule has 2 rings (SSSR count). The van der Waals surface area contributed by atoms with Crippen LogP contribution in [-0.2, 0) is 16.1 Å². The van der Waals surface area contributed by atoms with Crippen molar-refractivity contribution in [1.29, 1.82) is 0 Å². The number of halogens is 2. The minimum absolute atomic E-state index is 0.0247. The van der Waals surface area contributed by atoms with Crippen LogP contribution in [0.4, 0.5) is 4.79 Å². The number of piperazine rings is 1. The number of hydrogen-bond acceptors (Lipinski definition) is 4. The normalized spacial score (nSPS) is 15.7. The summed E-state index contributed by atoms with van der Waals surface area (Å²) in [5.41, 5.74) is -0.504. The lowest BCUT2D eigenvalue weighted by Crippen LogP contribution is -2.52. The predicted molar refractivity (Wildman–Crippen MR) is 97.0 cm³/mol. The van der Waals surface area contributed by atoms with Crippen molar-refractivity contribution in [1.82, 2.24) is 19.4 Å². The highest BCUT2D eigenvalue weighted by Crippen LogP contribution is 2.17. The number of carbonyl (C=O) groups excluding carboxylic acids is 2. The van der Waals surface area contributed by atoms with E-state index in [9.17, 15) is 9.59 Å². The van der Waals surface area contributed by atoms with Crippen molar-refractivity contribution in [3.63, 3.8) is 0 Å². The predicted octanol–water partition coefficient (Wildman–Crippen LogP) is 2.33. The average Bonchev–Trinajstić information content (AvgIpc) is 2.77. The number of imidazole rings is 1. The summed E-state index contributed by atoms with van der Waals surface area (Å²) in [6, 6.07) is 0. The molecule has 9 heteroatoms. The van der Waals surface area contributed by atoms with E-state index in [0.717, 1.165) is 8.30 Å². The Morgan fingerprint density at radius 3 is 2.30 bits per heavy atom. The zero-order valence-corrected chi connectivity index (χ0v) is 17.1. The van der Waals surface area contributed by atoms with E-state index in [1.54, 1.807) is 20.7 Å². The van der Waals surface area contributed by atoms with Gasteiger partial charge in [0.2, 0.25) is 5.91 Å². The third kappa shape index (κ3) is 5.07. The molecule has 128 valence electrons. The molecule has 1 aromatic rings. The Hall–Kier alpha value is -0.840. The van der Waals surface area contributed by atoms with Crippen molar-refractivity contribution in [3.05, 3.63) is 14.6 Å². The second kappa shape index (κ2) is 7.37.